The molecule has 0 bridgehead atoms. The van der Waals surface area contributed by atoms with Gasteiger partial charge in [-0.1, -0.05) is 18.2 Å². The number of carbonyl (C=O) groups excluding carboxylic acids is 1. The van der Waals surface area contributed by atoms with Gasteiger partial charge in [0, 0.05) is 12.0 Å². The third-order valence-electron chi connectivity index (χ3n) is 2.64. The Morgan fingerprint density at radius 3 is 3.00 bits per heavy atom. The number of benzene rings is 1. The lowest BCUT2D eigenvalue weighted by Crippen LogP contribution is -2.13. The number of aryl methyl sites for hydroxylation is 1. The first-order chi connectivity index (χ1) is 6.83. The Bertz CT molecular complexity index is 415. The zero-order valence-electron chi connectivity index (χ0n) is 7.92. The fourth-order valence-corrected chi connectivity index (χ4v) is 2.02. The van der Waals surface area contributed by atoms with E-state index in [4.69, 9.17) is 5.26 Å². The molecule has 0 radical (unpaired) electrons. The van der Waals surface area contributed by atoms with Crippen molar-refractivity contribution >= 4 is 5.78 Å². The summed E-state index contributed by atoms with van der Waals surface area (Å²) in [6.07, 6.45) is 2.90. The maximum atomic E-state index is 11.7. The number of nitriles is 1. The highest BCUT2D eigenvalue weighted by atomic mass is 16.1. The van der Waals surface area contributed by atoms with Gasteiger partial charge in [0.1, 0.15) is 0 Å². The fourth-order valence-electron chi connectivity index (χ4n) is 2.02. The van der Waals surface area contributed by atoms with E-state index in [0.29, 0.717) is 12.8 Å². The Labute approximate surface area is 83.2 Å². The van der Waals surface area contributed by atoms with Crippen LogP contribution in [0.3, 0.4) is 0 Å². The second-order valence-corrected chi connectivity index (χ2v) is 3.56. The number of rotatable bonds is 1. The van der Waals surface area contributed by atoms with Crippen LogP contribution in [0.15, 0.2) is 18.2 Å². The summed E-state index contributed by atoms with van der Waals surface area (Å²) in [4.78, 5) is 11.7. The topological polar surface area (TPSA) is 40.9 Å². The Morgan fingerprint density at radius 1 is 1.36 bits per heavy atom. The number of ketones is 1. The van der Waals surface area contributed by atoms with Crippen molar-refractivity contribution in [3.63, 3.8) is 0 Å². The molecule has 0 amide bonds. The third kappa shape index (κ3) is 1.42. The van der Waals surface area contributed by atoms with Crippen LogP contribution in [0, 0.1) is 11.3 Å². The van der Waals surface area contributed by atoms with Crippen LogP contribution in [-0.2, 0) is 12.8 Å². The van der Waals surface area contributed by atoms with Gasteiger partial charge in [-0.2, -0.15) is 5.26 Å². The van der Waals surface area contributed by atoms with E-state index < -0.39 is 0 Å². The minimum Gasteiger partial charge on any atom is -0.294 e. The molecule has 0 N–H and O–H groups in total. The second kappa shape index (κ2) is 3.63. The average molecular weight is 185 g/mol. The predicted molar refractivity (Wildman–Crippen MR) is 53.0 cm³/mol. The highest BCUT2D eigenvalue weighted by molar-refractivity contribution is 5.99. The van der Waals surface area contributed by atoms with Gasteiger partial charge in [0.15, 0.2) is 5.78 Å². The fraction of sp³-hybridized carbons (Fsp3) is 0.333. The first kappa shape index (κ1) is 8.96. The molecule has 1 aliphatic rings. The monoisotopic (exact) mass is 185 g/mol. The number of Topliss-reactive ketones (excluding diaryl/α,β-unsaturated/α-hetero) is 1. The molecule has 2 heteroatoms. The van der Waals surface area contributed by atoms with E-state index in [1.807, 2.05) is 18.2 Å². The molecule has 0 fully saturated rings. The van der Waals surface area contributed by atoms with Gasteiger partial charge >= 0.3 is 0 Å². The Hall–Kier alpha value is -1.62. The van der Waals surface area contributed by atoms with Gasteiger partial charge in [0.05, 0.1) is 12.5 Å². The molecule has 2 rings (SSSR count). The minimum atomic E-state index is 0.206. The van der Waals surface area contributed by atoms with Gasteiger partial charge in [0.2, 0.25) is 0 Å². The van der Waals surface area contributed by atoms with Crippen molar-refractivity contribution in [1.82, 2.24) is 0 Å². The van der Waals surface area contributed by atoms with Crippen molar-refractivity contribution in [3.05, 3.63) is 34.9 Å². The molecule has 70 valence electrons. The van der Waals surface area contributed by atoms with Gasteiger partial charge < -0.3 is 0 Å². The van der Waals surface area contributed by atoms with Gasteiger partial charge in [0.25, 0.3) is 0 Å². The van der Waals surface area contributed by atoms with Crippen molar-refractivity contribution in [3.8, 4) is 6.07 Å². The first-order valence-electron chi connectivity index (χ1n) is 4.84. The van der Waals surface area contributed by atoms with E-state index in [1.165, 1.54) is 0 Å². The zero-order chi connectivity index (χ0) is 9.97. The molecule has 0 aromatic heterocycles. The van der Waals surface area contributed by atoms with Crippen LogP contribution < -0.4 is 0 Å². The van der Waals surface area contributed by atoms with Crippen LogP contribution in [0.25, 0.3) is 0 Å². The van der Waals surface area contributed by atoms with E-state index in [1.54, 1.807) is 0 Å². The lowest BCUT2D eigenvalue weighted by atomic mass is 9.86. The van der Waals surface area contributed by atoms with E-state index >= 15 is 0 Å². The molecule has 1 aromatic rings. The summed E-state index contributed by atoms with van der Waals surface area (Å²) >= 11 is 0. The lowest BCUT2D eigenvalue weighted by molar-refractivity contribution is 0.0971. The average Bonchev–Trinajstić information content (AvgIpc) is 2.19. The summed E-state index contributed by atoms with van der Waals surface area (Å²) in [5, 5.41) is 8.65. The molecule has 1 aliphatic carbocycles. The molecule has 0 saturated heterocycles. The van der Waals surface area contributed by atoms with Crippen LogP contribution in [0.5, 0.6) is 0 Å². The summed E-state index contributed by atoms with van der Waals surface area (Å²) in [6.45, 7) is 0. The molecule has 2 nitrogen and oxygen atoms in total. The minimum absolute atomic E-state index is 0.206. The van der Waals surface area contributed by atoms with E-state index in [2.05, 4.69) is 6.07 Å². The van der Waals surface area contributed by atoms with Crippen molar-refractivity contribution < 1.29 is 4.79 Å². The standard InChI is InChI=1S/C12H11NO/c13-8-7-10-4-1-3-9-5-2-6-11(14)12(9)10/h1,3-4H,2,5-7H2. The Kier molecular flexibility index (Phi) is 2.32. The summed E-state index contributed by atoms with van der Waals surface area (Å²) in [5.41, 5.74) is 2.84. The molecule has 0 atom stereocenters. The van der Waals surface area contributed by atoms with Crippen LogP contribution in [-0.4, -0.2) is 5.78 Å². The summed E-state index contributed by atoms with van der Waals surface area (Å²) in [5.74, 6) is 0.206. The molecule has 0 aliphatic heterocycles. The molecular formula is C12H11NO. The van der Waals surface area contributed by atoms with Crippen molar-refractivity contribution in [1.29, 1.82) is 5.26 Å². The molecule has 0 saturated carbocycles. The molecule has 0 spiro atoms. The van der Waals surface area contributed by atoms with Crippen LogP contribution in [0.1, 0.15) is 34.3 Å². The highest BCUT2D eigenvalue weighted by Gasteiger charge is 2.19. The van der Waals surface area contributed by atoms with Crippen molar-refractivity contribution in [2.75, 3.05) is 0 Å². The quantitative estimate of drug-likeness (QED) is 0.673. The second-order valence-electron chi connectivity index (χ2n) is 3.56. The SMILES string of the molecule is N#CCc1cccc2c1C(=O)CCC2. The smallest absolute Gasteiger partial charge is 0.163 e. The Morgan fingerprint density at radius 2 is 2.21 bits per heavy atom. The normalized spacial score (nSPS) is 14.6. The van der Waals surface area contributed by atoms with Crippen LogP contribution in [0.2, 0.25) is 0 Å². The van der Waals surface area contributed by atoms with E-state index in [9.17, 15) is 4.79 Å². The molecular weight excluding hydrogens is 174 g/mol. The number of nitrogens with zero attached hydrogens (tertiary/aromatic N) is 1. The largest absolute Gasteiger partial charge is 0.294 e. The molecule has 1 aromatic carbocycles. The summed E-state index contributed by atoms with van der Waals surface area (Å²) in [6, 6.07) is 7.91. The van der Waals surface area contributed by atoms with Gasteiger partial charge in [-0.3, -0.25) is 4.79 Å². The third-order valence-corrected chi connectivity index (χ3v) is 2.64. The number of hydrogen-bond donors (Lipinski definition) is 0. The lowest BCUT2D eigenvalue weighted by Gasteiger charge is -2.16. The van der Waals surface area contributed by atoms with Crippen LogP contribution in [0.4, 0.5) is 0 Å². The number of hydrogen-bond acceptors (Lipinski definition) is 2. The molecule has 14 heavy (non-hydrogen) atoms. The highest BCUT2D eigenvalue weighted by Crippen LogP contribution is 2.24. The van der Waals surface area contributed by atoms with Gasteiger partial charge in [-0.15, -0.1) is 0 Å². The van der Waals surface area contributed by atoms with Crippen molar-refractivity contribution in [2.24, 2.45) is 0 Å². The first-order valence-corrected chi connectivity index (χ1v) is 4.84. The van der Waals surface area contributed by atoms with Crippen molar-refractivity contribution in [2.45, 2.75) is 25.7 Å². The van der Waals surface area contributed by atoms with Crippen LogP contribution >= 0.6 is 0 Å². The van der Waals surface area contributed by atoms with Gasteiger partial charge in [-0.25, -0.2) is 0 Å². The molecule has 0 unspecified atom stereocenters. The van der Waals surface area contributed by atoms with E-state index in [0.717, 1.165) is 29.5 Å². The summed E-state index contributed by atoms with van der Waals surface area (Å²) in [7, 11) is 0. The van der Waals surface area contributed by atoms with Gasteiger partial charge in [-0.05, 0) is 24.0 Å². The Balaban J connectivity index is 2.53. The van der Waals surface area contributed by atoms with E-state index in [-0.39, 0.29) is 5.78 Å². The maximum absolute atomic E-state index is 11.7. The predicted octanol–water partition coefficient (Wildman–Crippen LogP) is 2.27. The molecule has 0 heterocycles. The zero-order valence-corrected chi connectivity index (χ0v) is 7.92. The number of fused-ring (bicyclic) bond motifs is 1. The number of carbonyl (C=O) groups is 1. The summed E-state index contributed by atoms with van der Waals surface area (Å²) < 4.78 is 0. The maximum Gasteiger partial charge on any atom is 0.163 e.